The minimum absolute atomic E-state index is 0.667. The van der Waals surface area contributed by atoms with Crippen molar-refractivity contribution in [3.05, 3.63) is 0 Å². The highest BCUT2D eigenvalue weighted by molar-refractivity contribution is 7.98. The van der Waals surface area contributed by atoms with Gasteiger partial charge in [-0.05, 0) is 25.6 Å². The largest absolute Gasteiger partial charge is 0.385 e. The van der Waals surface area contributed by atoms with Crippen LogP contribution in [0.5, 0.6) is 0 Å². The molecule has 1 unspecified atom stereocenters. The normalized spacial score (nSPS) is 13.2. The Labute approximate surface area is 80.4 Å². The van der Waals surface area contributed by atoms with Crippen LogP contribution in [0, 0.1) is 0 Å². The van der Waals surface area contributed by atoms with Gasteiger partial charge in [-0.2, -0.15) is 11.8 Å². The van der Waals surface area contributed by atoms with Gasteiger partial charge in [-0.1, -0.05) is 6.92 Å². The fraction of sp³-hybridized carbons (Fsp3) is 1.00. The highest BCUT2D eigenvalue weighted by Crippen LogP contribution is 2.04. The average Bonchev–Trinajstić information content (AvgIpc) is 2.06. The van der Waals surface area contributed by atoms with Crippen LogP contribution in [-0.2, 0) is 4.74 Å². The maximum Gasteiger partial charge on any atom is 0.0462 e. The molecule has 0 saturated heterocycles. The van der Waals surface area contributed by atoms with Gasteiger partial charge in [-0.15, -0.1) is 0 Å². The predicted octanol–water partition coefficient (Wildman–Crippen LogP) is 1.75. The molecule has 0 aromatic rings. The molecule has 2 nitrogen and oxygen atoms in total. The summed E-state index contributed by atoms with van der Waals surface area (Å²) in [5, 5.41) is 3.47. The van der Waals surface area contributed by atoms with E-state index in [0.717, 1.165) is 19.6 Å². The van der Waals surface area contributed by atoms with Crippen LogP contribution in [0.1, 0.15) is 19.8 Å². The van der Waals surface area contributed by atoms with E-state index in [1.54, 1.807) is 7.11 Å². The van der Waals surface area contributed by atoms with Gasteiger partial charge in [0.25, 0.3) is 0 Å². The number of hydrogen-bond donors (Lipinski definition) is 1. The zero-order valence-corrected chi connectivity index (χ0v) is 9.25. The number of hydrogen-bond acceptors (Lipinski definition) is 3. The molecule has 0 spiro atoms. The van der Waals surface area contributed by atoms with Gasteiger partial charge in [0, 0.05) is 25.5 Å². The van der Waals surface area contributed by atoms with Crippen molar-refractivity contribution in [3.63, 3.8) is 0 Å². The van der Waals surface area contributed by atoms with E-state index in [0.29, 0.717) is 6.04 Å². The maximum atomic E-state index is 5.01. The Bertz CT molecular complexity index is 84.6. The highest BCUT2D eigenvalue weighted by Gasteiger charge is 2.04. The Balaban J connectivity index is 3.34. The summed E-state index contributed by atoms with van der Waals surface area (Å²) in [5.41, 5.74) is 0. The summed E-state index contributed by atoms with van der Waals surface area (Å²) < 4.78 is 5.01. The van der Waals surface area contributed by atoms with Crippen molar-refractivity contribution >= 4 is 11.8 Å². The summed E-state index contributed by atoms with van der Waals surface area (Å²) in [6.07, 6.45) is 4.54. The van der Waals surface area contributed by atoms with E-state index in [1.165, 1.54) is 12.2 Å². The molecule has 0 aliphatic carbocycles. The van der Waals surface area contributed by atoms with E-state index in [9.17, 15) is 0 Å². The summed E-state index contributed by atoms with van der Waals surface area (Å²) in [6.45, 7) is 4.11. The van der Waals surface area contributed by atoms with E-state index in [1.807, 2.05) is 11.8 Å². The molecule has 0 bridgehead atoms. The van der Waals surface area contributed by atoms with Gasteiger partial charge in [0.2, 0.25) is 0 Å². The molecular formula is C9H21NOS. The first-order chi connectivity index (χ1) is 5.85. The van der Waals surface area contributed by atoms with Crippen LogP contribution >= 0.6 is 11.8 Å². The van der Waals surface area contributed by atoms with Gasteiger partial charge in [0.15, 0.2) is 0 Å². The fourth-order valence-corrected chi connectivity index (χ4v) is 1.90. The minimum Gasteiger partial charge on any atom is -0.385 e. The Morgan fingerprint density at radius 3 is 2.75 bits per heavy atom. The lowest BCUT2D eigenvalue weighted by atomic mass is 10.2. The van der Waals surface area contributed by atoms with Crippen LogP contribution in [0.25, 0.3) is 0 Å². The monoisotopic (exact) mass is 191 g/mol. The van der Waals surface area contributed by atoms with E-state index in [2.05, 4.69) is 18.5 Å². The van der Waals surface area contributed by atoms with Crippen molar-refractivity contribution in [2.24, 2.45) is 0 Å². The number of nitrogens with one attached hydrogen (secondary N) is 1. The average molecular weight is 191 g/mol. The molecule has 74 valence electrons. The Kier molecular flexibility index (Phi) is 9.57. The number of ether oxygens (including phenoxy) is 1. The summed E-state index contributed by atoms with van der Waals surface area (Å²) in [4.78, 5) is 0. The van der Waals surface area contributed by atoms with Gasteiger partial charge in [-0.25, -0.2) is 0 Å². The first-order valence-corrected chi connectivity index (χ1v) is 5.95. The quantitative estimate of drug-likeness (QED) is 0.591. The van der Waals surface area contributed by atoms with Crippen molar-refractivity contribution in [1.29, 1.82) is 0 Å². The minimum atomic E-state index is 0.667. The van der Waals surface area contributed by atoms with Crippen LogP contribution < -0.4 is 5.32 Å². The third kappa shape index (κ3) is 6.95. The first kappa shape index (κ1) is 12.3. The Morgan fingerprint density at radius 2 is 2.25 bits per heavy atom. The van der Waals surface area contributed by atoms with Crippen LogP contribution in [0.15, 0.2) is 0 Å². The van der Waals surface area contributed by atoms with Crippen molar-refractivity contribution in [2.45, 2.75) is 25.8 Å². The lowest BCUT2D eigenvalue weighted by Gasteiger charge is -2.15. The van der Waals surface area contributed by atoms with E-state index < -0.39 is 0 Å². The number of rotatable bonds is 8. The van der Waals surface area contributed by atoms with Crippen LogP contribution in [0.3, 0.4) is 0 Å². The number of methoxy groups -OCH3 is 1. The van der Waals surface area contributed by atoms with Crippen molar-refractivity contribution in [1.82, 2.24) is 5.32 Å². The molecule has 1 atom stereocenters. The Hall–Kier alpha value is 0.270. The SMILES string of the molecule is CCNC(CCCOC)CSC. The second-order valence-corrected chi connectivity index (χ2v) is 3.76. The lowest BCUT2D eigenvalue weighted by Crippen LogP contribution is -2.31. The van der Waals surface area contributed by atoms with E-state index in [-0.39, 0.29) is 0 Å². The summed E-state index contributed by atoms with van der Waals surface area (Å²) in [6, 6.07) is 0.667. The Morgan fingerprint density at radius 1 is 1.50 bits per heavy atom. The van der Waals surface area contributed by atoms with Gasteiger partial charge < -0.3 is 10.1 Å². The molecule has 0 saturated carbocycles. The second-order valence-electron chi connectivity index (χ2n) is 2.84. The van der Waals surface area contributed by atoms with E-state index >= 15 is 0 Å². The lowest BCUT2D eigenvalue weighted by molar-refractivity contribution is 0.190. The topological polar surface area (TPSA) is 21.3 Å². The van der Waals surface area contributed by atoms with Gasteiger partial charge >= 0.3 is 0 Å². The number of thioether (sulfide) groups is 1. The third-order valence-corrected chi connectivity index (χ3v) is 2.50. The van der Waals surface area contributed by atoms with Gasteiger partial charge in [0.05, 0.1) is 0 Å². The molecule has 0 aliphatic heterocycles. The van der Waals surface area contributed by atoms with Crippen molar-refractivity contribution in [2.75, 3.05) is 32.3 Å². The molecule has 0 aliphatic rings. The molecule has 3 heteroatoms. The summed E-state index contributed by atoms with van der Waals surface area (Å²) in [7, 11) is 1.76. The van der Waals surface area contributed by atoms with Crippen molar-refractivity contribution in [3.8, 4) is 0 Å². The summed E-state index contributed by atoms with van der Waals surface area (Å²) in [5.74, 6) is 1.21. The molecule has 12 heavy (non-hydrogen) atoms. The van der Waals surface area contributed by atoms with Crippen LogP contribution in [0.2, 0.25) is 0 Å². The first-order valence-electron chi connectivity index (χ1n) is 4.56. The molecule has 0 radical (unpaired) electrons. The smallest absolute Gasteiger partial charge is 0.0462 e. The fourth-order valence-electron chi connectivity index (χ4n) is 1.21. The molecule has 0 amide bonds. The second kappa shape index (κ2) is 9.36. The van der Waals surface area contributed by atoms with Gasteiger partial charge in [0.1, 0.15) is 0 Å². The molecule has 0 fully saturated rings. The maximum absolute atomic E-state index is 5.01. The third-order valence-electron chi connectivity index (χ3n) is 1.76. The molecule has 0 heterocycles. The molecule has 0 rings (SSSR count). The van der Waals surface area contributed by atoms with Crippen LogP contribution in [-0.4, -0.2) is 38.3 Å². The zero-order valence-electron chi connectivity index (χ0n) is 8.43. The highest BCUT2D eigenvalue weighted by atomic mass is 32.2. The summed E-state index contributed by atoms with van der Waals surface area (Å²) >= 11 is 1.90. The van der Waals surface area contributed by atoms with Crippen LogP contribution in [0.4, 0.5) is 0 Å². The van der Waals surface area contributed by atoms with Gasteiger partial charge in [-0.3, -0.25) is 0 Å². The molecule has 0 aromatic carbocycles. The molecule has 0 aromatic heterocycles. The standard InChI is InChI=1S/C9H21NOS/c1-4-10-9(8-12-3)6-5-7-11-2/h9-10H,4-8H2,1-3H3. The van der Waals surface area contributed by atoms with Crippen molar-refractivity contribution < 1.29 is 4.74 Å². The van der Waals surface area contributed by atoms with E-state index in [4.69, 9.17) is 4.74 Å². The zero-order chi connectivity index (χ0) is 9.23. The molecular weight excluding hydrogens is 170 g/mol. The predicted molar refractivity (Wildman–Crippen MR) is 57.0 cm³/mol. The molecule has 1 N–H and O–H groups in total.